The van der Waals surface area contributed by atoms with Gasteiger partial charge in [0.25, 0.3) is 0 Å². The summed E-state index contributed by atoms with van der Waals surface area (Å²) in [4.78, 5) is 25.5. The molecule has 0 atom stereocenters. The summed E-state index contributed by atoms with van der Waals surface area (Å²) in [5, 5.41) is 3.46. The highest BCUT2D eigenvalue weighted by atomic mass is 35.5. The molecule has 0 aliphatic rings. The number of benzene rings is 2. The van der Waals surface area contributed by atoms with Gasteiger partial charge in [0, 0.05) is 24.2 Å². The Kier molecular flexibility index (Phi) is 6.38. The van der Waals surface area contributed by atoms with Crippen molar-refractivity contribution in [3.8, 4) is 0 Å². The van der Waals surface area contributed by atoms with E-state index in [1.807, 2.05) is 36.4 Å². The molecule has 1 N–H and O–H groups in total. The summed E-state index contributed by atoms with van der Waals surface area (Å²) in [6.07, 6.45) is 0.952. The molecule has 0 saturated carbocycles. The predicted octanol–water partition coefficient (Wildman–Crippen LogP) is 3.89. The Morgan fingerprint density at radius 3 is 2.12 bits per heavy atom. The van der Waals surface area contributed by atoms with Crippen molar-refractivity contribution >= 4 is 29.1 Å². The molecule has 24 heavy (non-hydrogen) atoms. The van der Waals surface area contributed by atoms with Gasteiger partial charge in [0.2, 0.25) is 11.8 Å². The molecule has 126 valence electrons. The molecule has 0 bridgehead atoms. The zero-order valence-corrected chi connectivity index (χ0v) is 14.6. The fraction of sp³-hybridized carbons (Fsp3) is 0.263. The van der Waals surface area contributed by atoms with Crippen LogP contribution < -0.4 is 5.32 Å². The lowest BCUT2D eigenvalue weighted by molar-refractivity contribution is -0.133. The number of nitrogens with one attached hydrogen (secondary N) is 1. The van der Waals surface area contributed by atoms with Gasteiger partial charge in [0.15, 0.2) is 0 Å². The smallest absolute Gasteiger partial charge is 0.244 e. The van der Waals surface area contributed by atoms with E-state index >= 15 is 0 Å². The van der Waals surface area contributed by atoms with Crippen LogP contribution in [0.25, 0.3) is 0 Å². The van der Waals surface area contributed by atoms with Crippen LogP contribution in [-0.4, -0.2) is 23.3 Å². The van der Waals surface area contributed by atoms with Crippen LogP contribution in [0.1, 0.15) is 25.0 Å². The molecule has 0 fully saturated rings. The summed E-state index contributed by atoms with van der Waals surface area (Å²) in [5.41, 5.74) is 2.86. The van der Waals surface area contributed by atoms with Crippen molar-refractivity contribution in [2.24, 2.45) is 0 Å². The van der Waals surface area contributed by atoms with Crippen LogP contribution in [0.3, 0.4) is 0 Å². The second-order valence-corrected chi connectivity index (χ2v) is 6.04. The molecule has 5 heteroatoms. The molecule has 0 saturated heterocycles. The average Bonchev–Trinajstić information content (AvgIpc) is 2.56. The minimum Gasteiger partial charge on any atom is -0.329 e. The van der Waals surface area contributed by atoms with Crippen LogP contribution in [0.5, 0.6) is 0 Å². The number of anilines is 1. The molecule has 0 radical (unpaired) electrons. The third-order valence-electron chi connectivity index (χ3n) is 3.71. The lowest BCUT2D eigenvalue weighted by Gasteiger charge is -2.20. The van der Waals surface area contributed by atoms with Crippen LogP contribution in [-0.2, 0) is 22.6 Å². The van der Waals surface area contributed by atoms with Crippen molar-refractivity contribution in [1.82, 2.24) is 4.90 Å². The lowest BCUT2D eigenvalue weighted by Crippen LogP contribution is -2.36. The van der Waals surface area contributed by atoms with Gasteiger partial charge in [-0.15, -0.1) is 0 Å². The van der Waals surface area contributed by atoms with Gasteiger partial charge in [0.1, 0.15) is 6.54 Å². The molecule has 0 heterocycles. The highest BCUT2D eigenvalue weighted by Crippen LogP contribution is 2.13. The van der Waals surface area contributed by atoms with Crippen LogP contribution in [0.4, 0.5) is 5.69 Å². The highest BCUT2D eigenvalue weighted by molar-refractivity contribution is 6.30. The molecule has 2 amide bonds. The lowest BCUT2D eigenvalue weighted by atomic mass is 10.1. The van der Waals surface area contributed by atoms with Gasteiger partial charge in [-0.05, 0) is 41.8 Å². The largest absolute Gasteiger partial charge is 0.329 e. The van der Waals surface area contributed by atoms with E-state index in [2.05, 4.69) is 12.2 Å². The number of halogens is 1. The zero-order valence-electron chi connectivity index (χ0n) is 13.9. The molecule has 4 nitrogen and oxygen atoms in total. The van der Waals surface area contributed by atoms with Crippen molar-refractivity contribution in [1.29, 1.82) is 0 Å². The Morgan fingerprint density at radius 2 is 1.58 bits per heavy atom. The number of hydrogen-bond acceptors (Lipinski definition) is 2. The molecular formula is C19H21ClN2O2. The summed E-state index contributed by atoms with van der Waals surface area (Å²) in [6, 6.07) is 14.9. The molecule has 0 aliphatic carbocycles. The first kappa shape index (κ1) is 18.0. The second kappa shape index (κ2) is 8.50. The Labute approximate surface area is 147 Å². The van der Waals surface area contributed by atoms with Gasteiger partial charge in [-0.3, -0.25) is 9.59 Å². The van der Waals surface area contributed by atoms with E-state index in [0.717, 1.165) is 17.7 Å². The number of rotatable bonds is 6. The summed E-state index contributed by atoms with van der Waals surface area (Å²) < 4.78 is 0. The normalized spacial score (nSPS) is 10.3. The van der Waals surface area contributed by atoms with Crippen molar-refractivity contribution in [3.63, 3.8) is 0 Å². The van der Waals surface area contributed by atoms with Crippen LogP contribution in [0.15, 0.2) is 48.5 Å². The van der Waals surface area contributed by atoms with Crippen LogP contribution in [0, 0.1) is 0 Å². The van der Waals surface area contributed by atoms with Crippen LogP contribution in [0.2, 0.25) is 5.02 Å². The third-order valence-corrected chi connectivity index (χ3v) is 3.96. The Morgan fingerprint density at radius 1 is 1.00 bits per heavy atom. The quantitative estimate of drug-likeness (QED) is 0.864. The zero-order chi connectivity index (χ0) is 17.5. The van der Waals surface area contributed by atoms with E-state index in [0.29, 0.717) is 11.6 Å². The van der Waals surface area contributed by atoms with Gasteiger partial charge in [-0.1, -0.05) is 42.8 Å². The highest BCUT2D eigenvalue weighted by Gasteiger charge is 2.14. The van der Waals surface area contributed by atoms with Crippen LogP contribution >= 0.6 is 11.6 Å². The van der Waals surface area contributed by atoms with Crippen molar-refractivity contribution < 1.29 is 9.59 Å². The number of amides is 2. The Hall–Kier alpha value is -2.33. The van der Waals surface area contributed by atoms with E-state index in [1.54, 1.807) is 12.1 Å². The maximum Gasteiger partial charge on any atom is 0.244 e. The predicted molar refractivity (Wildman–Crippen MR) is 97.0 cm³/mol. The Balaban J connectivity index is 1.97. The first-order valence-corrected chi connectivity index (χ1v) is 8.24. The molecule has 0 unspecified atom stereocenters. The number of nitrogens with zero attached hydrogens (tertiary/aromatic N) is 1. The van der Waals surface area contributed by atoms with E-state index < -0.39 is 0 Å². The van der Waals surface area contributed by atoms with E-state index in [9.17, 15) is 9.59 Å². The SMILES string of the molecule is CCc1ccc(NC(=O)CN(Cc2ccc(Cl)cc2)C(C)=O)cc1. The third kappa shape index (κ3) is 5.39. The average molecular weight is 345 g/mol. The minimum atomic E-state index is -0.219. The van der Waals surface area contributed by atoms with E-state index in [1.165, 1.54) is 17.4 Å². The fourth-order valence-electron chi connectivity index (χ4n) is 2.29. The summed E-state index contributed by atoms with van der Waals surface area (Å²) in [7, 11) is 0. The Bertz CT molecular complexity index is 696. The first-order valence-electron chi connectivity index (χ1n) is 7.86. The molecule has 2 aromatic carbocycles. The van der Waals surface area contributed by atoms with Crippen molar-refractivity contribution in [2.45, 2.75) is 26.8 Å². The summed E-state index contributed by atoms with van der Waals surface area (Å²) >= 11 is 5.86. The first-order chi connectivity index (χ1) is 11.5. The second-order valence-electron chi connectivity index (χ2n) is 5.60. The van der Waals surface area contributed by atoms with Crippen molar-refractivity contribution in [2.75, 3.05) is 11.9 Å². The van der Waals surface area contributed by atoms with E-state index in [4.69, 9.17) is 11.6 Å². The fourth-order valence-corrected chi connectivity index (χ4v) is 2.41. The molecule has 0 aromatic heterocycles. The molecular weight excluding hydrogens is 324 g/mol. The molecule has 0 aliphatic heterocycles. The van der Waals surface area contributed by atoms with Gasteiger partial charge in [0.05, 0.1) is 0 Å². The monoisotopic (exact) mass is 344 g/mol. The molecule has 2 aromatic rings. The summed E-state index contributed by atoms with van der Waals surface area (Å²) in [5.74, 6) is -0.371. The molecule has 0 spiro atoms. The number of carbonyl (C=O) groups is 2. The van der Waals surface area contributed by atoms with E-state index in [-0.39, 0.29) is 18.4 Å². The number of hydrogen-bond donors (Lipinski definition) is 1. The standard InChI is InChI=1S/C19H21ClN2O2/c1-3-15-6-10-18(11-7-15)21-19(24)13-22(14(2)23)12-16-4-8-17(20)9-5-16/h4-11H,3,12-13H2,1-2H3,(H,21,24). The van der Waals surface area contributed by atoms with Gasteiger partial charge in [-0.2, -0.15) is 0 Å². The van der Waals surface area contributed by atoms with Gasteiger partial charge >= 0.3 is 0 Å². The molecule has 2 rings (SSSR count). The topological polar surface area (TPSA) is 49.4 Å². The summed E-state index contributed by atoms with van der Waals surface area (Å²) in [6.45, 7) is 3.91. The number of aryl methyl sites for hydroxylation is 1. The minimum absolute atomic E-state index is 0.00743. The maximum atomic E-state index is 12.2. The maximum absolute atomic E-state index is 12.2. The van der Waals surface area contributed by atoms with Crippen molar-refractivity contribution in [3.05, 3.63) is 64.7 Å². The number of carbonyl (C=O) groups excluding carboxylic acids is 2. The van der Waals surface area contributed by atoms with Gasteiger partial charge in [-0.25, -0.2) is 0 Å². The van der Waals surface area contributed by atoms with Gasteiger partial charge < -0.3 is 10.2 Å².